The highest BCUT2D eigenvalue weighted by Crippen LogP contribution is 2.38. The average Bonchev–Trinajstić information content (AvgIpc) is 3.55. The molecule has 0 radical (unpaired) electrons. The van der Waals surface area contributed by atoms with Crippen LogP contribution in [0.5, 0.6) is 0 Å². The minimum Gasteiger partial charge on any atom is -0.478 e. The first kappa shape index (κ1) is 25.0. The van der Waals surface area contributed by atoms with Gasteiger partial charge in [-0.1, -0.05) is 53.5 Å². The Morgan fingerprint density at radius 2 is 1.81 bits per heavy atom. The number of carboxylic acids is 1. The van der Waals surface area contributed by atoms with Crippen LogP contribution in [0.1, 0.15) is 26.5 Å². The van der Waals surface area contributed by atoms with Crippen LogP contribution >= 0.6 is 45.9 Å². The summed E-state index contributed by atoms with van der Waals surface area (Å²) >= 11 is 15.2. The lowest BCUT2D eigenvalue weighted by Crippen LogP contribution is -2.28. The molecule has 186 valence electrons. The lowest BCUT2D eigenvalue weighted by Gasteiger charge is -2.07. The fourth-order valence-electron chi connectivity index (χ4n) is 3.46. The van der Waals surface area contributed by atoms with Crippen molar-refractivity contribution in [3.05, 3.63) is 79.6 Å². The van der Waals surface area contributed by atoms with Gasteiger partial charge in [-0.05, 0) is 26.0 Å². The second kappa shape index (κ2) is 10.0. The van der Waals surface area contributed by atoms with Gasteiger partial charge in [-0.2, -0.15) is 15.2 Å². The van der Waals surface area contributed by atoms with E-state index in [0.29, 0.717) is 27.7 Å². The molecule has 0 fully saturated rings. The van der Waals surface area contributed by atoms with Crippen molar-refractivity contribution in [2.24, 2.45) is 10.2 Å². The van der Waals surface area contributed by atoms with Crippen molar-refractivity contribution in [2.45, 2.75) is 13.8 Å². The number of carbonyl (C=O) groups is 2. The molecule has 1 amide bonds. The Hall–Kier alpha value is -3.64. The molecule has 37 heavy (non-hydrogen) atoms. The standard InChI is InChI=1S/C24H16Cl2N6O3S2/c1-11-12(2)37-23(27-11)30-29-20-19(13-6-4-3-5-7-13)31-32(21(20)33)24-28-17(10-36-24)18-15(25)8-14(22(34)35)9-16(18)26/h3-10H,1-2H3,(H,27,30)(H,34,35)/b29-20-. The Bertz CT molecular complexity index is 1570. The Morgan fingerprint density at radius 1 is 1.11 bits per heavy atom. The molecule has 4 aromatic rings. The number of nitrogens with zero attached hydrogens (tertiary/aromatic N) is 5. The van der Waals surface area contributed by atoms with Gasteiger partial charge in [-0.15, -0.1) is 22.7 Å². The second-order valence-electron chi connectivity index (χ2n) is 7.80. The van der Waals surface area contributed by atoms with E-state index in [1.807, 2.05) is 44.2 Å². The molecule has 0 saturated carbocycles. The van der Waals surface area contributed by atoms with Crippen LogP contribution in [0, 0.1) is 13.8 Å². The van der Waals surface area contributed by atoms with Gasteiger partial charge in [0.25, 0.3) is 0 Å². The number of halogens is 2. The van der Waals surface area contributed by atoms with Crippen molar-refractivity contribution in [3.8, 4) is 11.3 Å². The van der Waals surface area contributed by atoms with Gasteiger partial charge in [-0.3, -0.25) is 10.2 Å². The fraction of sp³-hybridized carbons (Fsp3) is 0.0833. The maximum absolute atomic E-state index is 13.5. The van der Waals surface area contributed by atoms with E-state index in [-0.39, 0.29) is 26.5 Å². The Balaban J connectivity index is 1.51. The number of aryl methyl sites for hydroxylation is 2. The summed E-state index contributed by atoms with van der Waals surface area (Å²) in [5, 5.41) is 22.1. The van der Waals surface area contributed by atoms with Gasteiger partial charge in [0.1, 0.15) is 5.71 Å². The molecule has 0 spiro atoms. The number of rotatable bonds is 6. The van der Waals surface area contributed by atoms with Gasteiger partial charge < -0.3 is 5.11 Å². The maximum Gasteiger partial charge on any atom is 0.335 e. The highest BCUT2D eigenvalue weighted by atomic mass is 35.5. The van der Waals surface area contributed by atoms with E-state index in [1.165, 1.54) is 28.5 Å². The number of hydrazone groups is 2. The van der Waals surface area contributed by atoms with Crippen LogP contribution in [0.3, 0.4) is 0 Å². The molecule has 0 bridgehead atoms. The third-order valence-corrected chi connectivity index (χ3v) is 7.77. The van der Waals surface area contributed by atoms with E-state index in [1.54, 1.807) is 5.38 Å². The van der Waals surface area contributed by atoms with Crippen LogP contribution in [-0.2, 0) is 4.79 Å². The zero-order valence-electron chi connectivity index (χ0n) is 19.2. The van der Waals surface area contributed by atoms with Gasteiger partial charge in [-0.25, -0.2) is 14.8 Å². The molecular formula is C24H16Cl2N6O3S2. The number of nitrogens with one attached hydrogen (secondary N) is 1. The van der Waals surface area contributed by atoms with Crippen molar-refractivity contribution in [3.63, 3.8) is 0 Å². The van der Waals surface area contributed by atoms with Crippen LogP contribution in [0.25, 0.3) is 11.3 Å². The predicted molar refractivity (Wildman–Crippen MR) is 148 cm³/mol. The van der Waals surface area contributed by atoms with Gasteiger partial charge in [0, 0.05) is 21.4 Å². The Kier molecular flexibility index (Phi) is 6.78. The summed E-state index contributed by atoms with van der Waals surface area (Å²) in [4.78, 5) is 34.7. The summed E-state index contributed by atoms with van der Waals surface area (Å²) in [6, 6.07) is 11.8. The SMILES string of the molecule is Cc1nc(N/N=C2\C(=O)N(c3nc(-c4c(Cl)cc(C(=O)O)cc4Cl)cs3)N=C2c2ccccc2)sc1C. The molecule has 2 aromatic heterocycles. The normalized spacial score (nSPS) is 14.4. The summed E-state index contributed by atoms with van der Waals surface area (Å²) in [7, 11) is 0. The van der Waals surface area contributed by atoms with E-state index in [2.05, 4.69) is 25.6 Å². The van der Waals surface area contributed by atoms with Crippen molar-refractivity contribution in [2.75, 3.05) is 10.4 Å². The molecule has 1 aliphatic heterocycles. The molecule has 9 nitrogen and oxygen atoms in total. The number of amides is 1. The summed E-state index contributed by atoms with van der Waals surface area (Å²) in [5.74, 6) is -1.63. The molecule has 2 aromatic carbocycles. The highest BCUT2D eigenvalue weighted by molar-refractivity contribution is 7.15. The number of aromatic nitrogens is 2. The molecule has 3 heterocycles. The van der Waals surface area contributed by atoms with Gasteiger partial charge in [0.05, 0.1) is 27.0 Å². The molecule has 2 N–H and O–H groups in total. The van der Waals surface area contributed by atoms with Crippen LogP contribution in [-0.4, -0.2) is 38.4 Å². The molecular weight excluding hydrogens is 555 g/mol. The lowest BCUT2D eigenvalue weighted by molar-refractivity contribution is -0.112. The Morgan fingerprint density at radius 3 is 2.43 bits per heavy atom. The quantitative estimate of drug-likeness (QED) is 0.270. The summed E-state index contributed by atoms with van der Waals surface area (Å²) in [6.45, 7) is 3.86. The number of aromatic carboxylic acids is 1. The number of carbonyl (C=O) groups excluding carboxylic acids is 1. The first-order chi connectivity index (χ1) is 17.7. The fourth-order valence-corrected chi connectivity index (χ4v) is 5.66. The number of thiazole rings is 2. The first-order valence-corrected chi connectivity index (χ1v) is 13.1. The molecule has 0 atom stereocenters. The summed E-state index contributed by atoms with van der Waals surface area (Å²) in [6.07, 6.45) is 0. The average molecular weight is 571 g/mol. The number of anilines is 2. The molecule has 13 heteroatoms. The van der Waals surface area contributed by atoms with Crippen molar-refractivity contribution >= 4 is 79.4 Å². The molecule has 0 unspecified atom stereocenters. The van der Waals surface area contributed by atoms with Crippen LogP contribution < -0.4 is 10.4 Å². The number of hydrogen-bond donors (Lipinski definition) is 2. The van der Waals surface area contributed by atoms with Crippen LogP contribution in [0.2, 0.25) is 10.0 Å². The molecule has 1 aliphatic rings. The van der Waals surface area contributed by atoms with Crippen LogP contribution in [0.15, 0.2) is 58.0 Å². The number of carboxylic acid groups (broad SMARTS) is 1. The number of benzene rings is 2. The van der Waals surface area contributed by atoms with E-state index in [0.717, 1.165) is 21.9 Å². The lowest BCUT2D eigenvalue weighted by atomic mass is 10.1. The van der Waals surface area contributed by atoms with Gasteiger partial charge in [0.15, 0.2) is 5.71 Å². The third-order valence-electron chi connectivity index (χ3n) is 5.38. The molecule has 0 aliphatic carbocycles. The first-order valence-electron chi connectivity index (χ1n) is 10.7. The molecule has 0 saturated heterocycles. The Labute approximate surface area is 228 Å². The van der Waals surface area contributed by atoms with E-state index in [9.17, 15) is 14.7 Å². The number of hydrogen-bond acceptors (Lipinski definition) is 9. The van der Waals surface area contributed by atoms with Crippen molar-refractivity contribution in [1.82, 2.24) is 9.97 Å². The van der Waals surface area contributed by atoms with E-state index in [4.69, 9.17) is 23.2 Å². The largest absolute Gasteiger partial charge is 0.478 e. The zero-order chi connectivity index (χ0) is 26.3. The third kappa shape index (κ3) is 4.86. The topological polar surface area (TPSA) is 120 Å². The highest BCUT2D eigenvalue weighted by Gasteiger charge is 2.36. The monoisotopic (exact) mass is 570 g/mol. The molecule has 5 rings (SSSR count). The smallest absolute Gasteiger partial charge is 0.335 e. The minimum atomic E-state index is -1.15. The second-order valence-corrected chi connectivity index (χ2v) is 10.7. The maximum atomic E-state index is 13.5. The van der Waals surface area contributed by atoms with Crippen LogP contribution in [0.4, 0.5) is 10.3 Å². The van der Waals surface area contributed by atoms with Crippen molar-refractivity contribution < 1.29 is 14.7 Å². The van der Waals surface area contributed by atoms with E-state index < -0.39 is 11.9 Å². The van der Waals surface area contributed by atoms with E-state index >= 15 is 0 Å². The summed E-state index contributed by atoms with van der Waals surface area (Å²) in [5.41, 5.74) is 5.65. The minimum absolute atomic E-state index is 0.0417. The summed E-state index contributed by atoms with van der Waals surface area (Å²) < 4.78 is 0. The van der Waals surface area contributed by atoms with Gasteiger partial charge >= 0.3 is 11.9 Å². The van der Waals surface area contributed by atoms with Crippen molar-refractivity contribution in [1.29, 1.82) is 0 Å². The zero-order valence-corrected chi connectivity index (χ0v) is 22.3. The van der Waals surface area contributed by atoms with Gasteiger partial charge in [0.2, 0.25) is 10.3 Å². The predicted octanol–water partition coefficient (Wildman–Crippen LogP) is 6.11.